The number of hydrogen-bond acceptors (Lipinski definition) is 2. The summed E-state index contributed by atoms with van der Waals surface area (Å²) in [7, 11) is 0. The molecule has 0 aliphatic heterocycles. The summed E-state index contributed by atoms with van der Waals surface area (Å²) in [6.07, 6.45) is 0. The van der Waals surface area contributed by atoms with Crippen LogP contribution < -0.4 is 4.90 Å². The van der Waals surface area contributed by atoms with Gasteiger partial charge in [0.2, 0.25) is 0 Å². The fourth-order valence-corrected chi connectivity index (χ4v) is 9.65. The third kappa shape index (κ3) is 5.24. The molecular formula is C52H34N2S. The maximum Gasteiger partial charge on any atom is 0.0619 e. The Labute approximate surface area is 323 Å². The van der Waals surface area contributed by atoms with Crippen LogP contribution in [0.15, 0.2) is 206 Å². The zero-order valence-electron chi connectivity index (χ0n) is 29.9. The highest BCUT2D eigenvalue weighted by Gasteiger charge is 2.18. The van der Waals surface area contributed by atoms with Gasteiger partial charge < -0.3 is 9.47 Å². The summed E-state index contributed by atoms with van der Waals surface area (Å²) in [4.78, 5) is 2.38. The Bertz CT molecular complexity index is 3190. The van der Waals surface area contributed by atoms with E-state index in [1.165, 1.54) is 75.0 Å². The molecule has 11 rings (SSSR count). The van der Waals surface area contributed by atoms with Gasteiger partial charge in [-0.1, -0.05) is 146 Å². The van der Waals surface area contributed by atoms with Gasteiger partial charge in [-0.3, -0.25) is 0 Å². The zero-order chi connectivity index (χ0) is 36.3. The second kappa shape index (κ2) is 12.9. The molecule has 0 N–H and O–H groups in total. The van der Waals surface area contributed by atoms with E-state index in [2.05, 4.69) is 216 Å². The summed E-state index contributed by atoms with van der Waals surface area (Å²) in [5, 5.41) is 7.67. The first kappa shape index (κ1) is 31.6. The molecule has 0 aliphatic carbocycles. The quantitative estimate of drug-likeness (QED) is 0.166. The molecular weight excluding hydrogens is 685 g/mol. The van der Waals surface area contributed by atoms with Crippen molar-refractivity contribution in [1.82, 2.24) is 4.57 Å². The molecule has 0 spiro atoms. The number of benzene rings is 9. The van der Waals surface area contributed by atoms with E-state index in [0.717, 1.165) is 22.7 Å². The highest BCUT2D eigenvalue weighted by Crippen LogP contribution is 2.43. The van der Waals surface area contributed by atoms with Gasteiger partial charge in [0.25, 0.3) is 0 Å². The number of nitrogens with zero attached hydrogens (tertiary/aromatic N) is 2. The van der Waals surface area contributed by atoms with Gasteiger partial charge in [-0.05, 0) is 88.3 Å². The molecule has 9 aromatic carbocycles. The maximum atomic E-state index is 2.43. The number of fused-ring (bicyclic) bond motifs is 8. The second-order valence-corrected chi connectivity index (χ2v) is 15.2. The maximum absolute atomic E-state index is 2.43. The lowest BCUT2D eigenvalue weighted by atomic mass is 10.0. The smallest absolute Gasteiger partial charge is 0.0619 e. The average molecular weight is 719 g/mol. The van der Waals surface area contributed by atoms with Gasteiger partial charge in [0.15, 0.2) is 0 Å². The molecule has 0 radical (unpaired) electrons. The Morgan fingerprint density at radius 1 is 0.382 bits per heavy atom. The van der Waals surface area contributed by atoms with Gasteiger partial charge in [-0.15, -0.1) is 11.3 Å². The molecule has 0 fully saturated rings. The van der Waals surface area contributed by atoms with Crippen molar-refractivity contribution in [1.29, 1.82) is 0 Å². The molecule has 0 amide bonds. The Hall–Kier alpha value is -6.94. The number of rotatable bonds is 6. The van der Waals surface area contributed by atoms with E-state index in [0.29, 0.717) is 0 Å². The third-order valence-electron chi connectivity index (χ3n) is 11.0. The van der Waals surface area contributed by atoms with Crippen LogP contribution in [-0.2, 0) is 0 Å². The lowest BCUT2D eigenvalue weighted by Gasteiger charge is -2.26. The van der Waals surface area contributed by atoms with Crippen LogP contribution in [0.25, 0.3) is 80.7 Å². The predicted octanol–water partition coefficient (Wildman–Crippen LogP) is 15.1. The van der Waals surface area contributed by atoms with Gasteiger partial charge in [0, 0.05) is 59.1 Å². The molecule has 3 heteroatoms. The molecule has 258 valence electrons. The van der Waals surface area contributed by atoms with Crippen molar-refractivity contribution < 1.29 is 0 Å². The van der Waals surface area contributed by atoms with Crippen LogP contribution in [-0.4, -0.2) is 4.57 Å². The van der Waals surface area contributed by atoms with Gasteiger partial charge in [-0.2, -0.15) is 0 Å². The summed E-state index contributed by atoms with van der Waals surface area (Å²) in [5.41, 5.74) is 11.8. The largest absolute Gasteiger partial charge is 0.310 e. The van der Waals surface area contributed by atoms with Crippen LogP contribution in [0.2, 0.25) is 0 Å². The van der Waals surface area contributed by atoms with Crippen molar-refractivity contribution in [2.75, 3.05) is 4.90 Å². The molecule has 0 atom stereocenters. The van der Waals surface area contributed by atoms with Crippen LogP contribution >= 0.6 is 11.3 Å². The number of anilines is 3. The second-order valence-electron chi connectivity index (χ2n) is 14.1. The van der Waals surface area contributed by atoms with Crippen LogP contribution in [0.4, 0.5) is 17.1 Å². The Morgan fingerprint density at radius 2 is 1.04 bits per heavy atom. The fourth-order valence-electron chi connectivity index (χ4n) is 8.42. The van der Waals surface area contributed by atoms with Gasteiger partial charge in [0.05, 0.1) is 11.0 Å². The molecule has 11 aromatic rings. The van der Waals surface area contributed by atoms with E-state index in [9.17, 15) is 0 Å². The van der Waals surface area contributed by atoms with Crippen LogP contribution in [0.1, 0.15) is 0 Å². The Balaban J connectivity index is 1.05. The van der Waals surface area contributed by atoms with Gasteiger partial charge in [0.1, 0.15) is 0 Å². The van der Waals surface area contributed by atoms with Crippen molar-refractivity contribution in [3.05, 3.63) is 206 Å². The van der Waals surface area contributed by atoms with Crippen molar-refractivity contribution >= 4 is 81.1 Å². The number of hydrogen-bond donors (Lipinski definition) is 0. The average Bonchev–Trinajstić information content (AvgIpc) is 3.81. The zero-order valence-corrected chi connectivity index (χ0v) is 30.7. The lowest BCUT2D eigenvalue weighted by Crippen LogP contribution is -2.10. The summed E-state index contributed by atoms with van der Waals surface area (Å²) in [6, 6.07) is 75.1. The first-order valence-corrected chi connectivity index (χ1v) is 19.6. The monoisotopic (exact) mass is 718 g/mol. The topological polar surface area (TPSA) is 8.17 Å². The molecule has 0 bridgehead atoms. The highest BCUT2D eigenvalue weighted by molar-refractivity contribution is 7.26. The van der Waals surface area contributed by atoms with E-state index in [1.54, 1.807) is 0 Å². The highest BCUT2D eigenvalue weighted by atomic mass is 32.1. The van der Waals surface area contributed by atoms with Crippen LogP contribution in [0.3, 0.4) is 0 Å². The number of thiophene rings is 1. The minimum absolute atomic E-state index is 1.10. The van der Waals surface area contributed by atoms with Gasteiger partial charge >= 0.3 is 0 Å². The summed E-state index contributed by atoms with van der Waals surface area (Å²) in [5.74, 6) is 0. The first-order chi connectivity index (χ1) is 27.3. The van der Waals surface area contributed by atoms with E-state index in [1.807, 2.05) is 11.3 Å². The van der Waals surface area contributed by atoms with Crippen molar-refractivity contribution in [2.45, 2.75) is 0 Å². The minimum atomic E-state index is 1.10. The van der Waals surface area contributed by atoms with Crippen molar-refractivity contribution in [3.8, 4) is 27.9 Å². The SMILES string of the molecule is c1ccc(-c2cccc(N(c3ccc(-c4cccc5c4sc4ccccc45)cc3)c3ccc(-n4c5ccccc5c5ccc6ccccc6c54)cc3)c2)cc1. The molecule has 2 nitrogen and oxygen atoms in total. The molecule has 2 aromatic heterocycles. The van der Waals surface area contributed by atoms with E-state index in [-0.39, 0.29) is 0 Å². The summed E-state index contributed by atoms with van der Waals surface area (Å²) >= 11 is 1.88. The van der Waals surface area contributed by atoms with Crippen LogP contribution in [0, 0.1) is 0 Å². The van der Waals surface area contributed by atoms with E-state index in [4.69, 9.17) is 0 Å². The lowest BCUT2D eigenvalue weighted by molar-refractivity contribution is 1.18. The first-order valence-electron chi connectivity index (χ1n) is 18.8. The predicted molar refractivity (Wildman–Crippen MR) is 237 cm³/mol. The summed E-state index contributed by atoms with van der Waals surface area (Å²) in [6.45, 7) is 0. The Morgan fingerprint density at radius 3 is 1.87 bits per heavy atom. The number of para-hydroxylation sites is 1. The van der Waals surface area contributed by atoms with E-state index >= 15 is 0 Å². The van der Waals surface area contributed by atoms with Gasteiger partial charge in [-0.25, -0.2) is 0 Å². The normalized spacial score (nSPS) is 11.6. The molecule has 2 heterocycles. The number of aromatic nitrogens is 1. The van der Waals surface area contributed by atoms with Crippen molar-refractivity contribution in [2.24, 2.45) is 0 Å². The standard InChI is InChI=1S/C52H34N2S/c1-2-12-35(13-3-1)38-15-10-16-42(34-38)53(39-27-24-37(25-28-39)44-20-11-21-48-46-19-7-9-23-50(46)55-52(44)48)40-29-31-41(32-30-40)54-49-22-8-6-18-45(49)47-33-26-36-14-4-5-17-43(36)51(47)54/h1-34H. The van der Waals surface area contributed by atoms with Crippen LogP contribution in [0.5, 0.6) is 0 Å². The third-order valence-corrected chi connectivity index (χ3v) is 12.2. The molecule has 0 saturated heterocycles. The Kier molecular flexibility index (Phi) is 7.39. The van der Waals surface area contributed by atoms with E-state index < -0.39 is 0 Å². The van der Waals surface area contributed by atoms with Crippen molar-refractivity contribution in [3.63, 3.8) is 0 Å². The molecule has 55 heavy (non-hydrogen) atoms. The molecule has 0 saturated carbocycles. The fraction of sp³-hybridized carbons (Fsp3) is 0. The minimum Gasteiger partial charge on any atom is -0.310 e. The summed E-state index contributed by atoms with van der Waals surface area (Å²) < 4.78 is 5.08. The molecule has 0 unspecified atom stereocenters. The molecule has 0 aliphatic rings.